The molecule has 22 heavy (non-hydrogen) atoms. The molecule has 2 aromatic rings. The molecule has 2 aromatic carbocycles. The van der Waals surface area contributed by atoms with Gasteiger partial charge in [-0.15, -0.1) is 0 Å². The highest BCUT2D eigenvalue weighted by Gasteiger charge is 2.23. The number of hydrogen-bond donors (Lipinski definition) is 1. The minimum Gasteiger partial charge on any atom is -0.371 e. The van der Waals surface area contributed by atoms with Crippen molar-refractivity contribution in [2.45, 2.75) is 25.7 Å². The van der Waals surface area contributed by atoms with Crippen molar-refractivity contribution < 1.29 is 0 Å². The molecular weight excluding hydrogens is 270 g/mol. The lowest BCUT2D eigenvalue weighted by atomic mass is 9.90. The summed E-state index contributed by atoms with van der Waals surface area (Å²) in [7, 11) is 0. The summed E-state index contributed by atoms with van der Waals surface area (Å²) >= 11 is 0. The van der Waals surface area contributed by atoms with Gasteiger partial charge in [0.1, 0.15) is 0 Å². The molecule has 0 unspecified atom stereocenters. The van der Waals surface area contributed by atoms with Crippen LogP contribution in [0.1, 0.15) is 29.5 Å². The largest absolute Gasteiger partial charge is 0.371 e. The number of benzene rings is 2. The highest BCUT2D eigenvalue weighted by atomic mass is 15.3. The van der Waals surface area contributed by atoms with Crippen LogP contribution in [-0.2, 0) is 12.8 Å². The molecule has 112 valence electrons. The van der Waals surface area contributed by atoms with Gasteiger partial charge in [-0.2, -0.15) is 5.10 Å². The highest BCUT2D eigenvalue weighted by molar-refractivity contribution is 5.83. The number of hydrogen-bond acceptors (Lipinski definition) is 3. The molecule has 3 nitrogen and oxygen atoms in total. The molecule has 2 aliphatic rings. The molecule has 4 rings (SSSR count). The van der Waals surface area contributed by atoms with E-state index in [0.29, 0.717) is 0 Å². The SMILES string of the molecule is C(=N\Nc1ccccc1)/c1cc2c3c(c1)CCCN3CCC2. The number of para-hydroxylation sites is 1. The van der Waals surface area contributed by atoms with Gasteiger partial charge in [0, 0.05) is 18.8 Å². The second-order valence-corrected chi connectivity index (χ2v) is 6.12. The Labute approximate surface area is 131 Å². The van der Waals surface area contributed by atoms with E-state index in [9.17, 15) is 0 Å². The molecule has 0 aromatic heterocycles. The topological polar surface area (TPSA) is 27.6 Å². The molecule has 2 heterocycles. The van der Waals surface area contributed by atoms with Crippen LogP contribution < -0.4 is 10.3 Å². The van der Waals surface area contributed by atoms with E-state index in [-0.39, 0.29) is 0 Å². The minimum atomic E-state index is 1.02. The van der Waals surface area contributed by atoms with Crippen LogP contribution in [0, 0.1) is 0 Å². The van der Waals surface area contributed by atoms with E-state index in [2.05, 4.69) is 27.6 Å². The van der Waals surface area contributed by atoms with Crippen molar-refractivity contribution in [2.75, 3.05) is 23.4 Å². The van der Waals surface area contributed by atoms with Crippen molar-refractivity contribution in [3.8, 4) is 0 Å². The fraction of sp³-hybridized carbons (Fsp3) is 0.316. The van der Waals surface area contributed by atoms with Crippen LogP contribution in [0.15, 0.2) is 47.6 Å². The van der Waals surface area contributed by atoms with E-state index >= 15 is 0 Å². The molecule has 0 radical (unpaired) electrons. The predicted octanol–water partition coefficient (Wildman–Crippen LogP) is 3.83. The number of nitrogens with zero attached hydrogens (tertiary/aromatic N) is 2. The quantitative estimate of drug-likeness (QED) is 0.687. The Morgan fingerprint density at radius 2 is 1.64 bits per heavy atom. The third kappa shape index (κ3) is 2.59. The molecular formula is C19H21N3. The van der Waals surface area contributed by atoms with Gasteiger partial charge in [0.15, 0.2) is 0 Å². The third-order valence-electron chi connectivity index (χ3n) is 4.54. The maximum atomic E-state index is 4.38. The lowest BCUT2D eigenvalue weighted by Gasteiger charge is -2.37. The second-order valence-electron chi connectivity index (χ2n) is 6.12. The smallest absolute Gasteiger partial charge is 0.0561 e. The number of anilines is 2. The van der Waals surface area contributed by atoms with Gasteiger partial charge in [-0.3, -0.25) is 5.43 Å². The summed E-state index contributed by atoms with van der Waals surface area (Å²) in [5.41, 5.74) is 9.85. The van der Waals surface area contributed by atoms with Crippen molar-refractivity contribution in [3.05, 3.63) is 59.2 Å². The maximum Gasteiger partial charge on any atom is 0.0561 e. The summed E-state index contributed by atoms with van der Waals surface area (Å²) in [5.74, 6) is 0. The molecule has 0 saturated heterocycles. The first-order valence-corrected chi connectivity index (χ1v) is 8.15. The number of hydrazone groups is 1. The summed E-state index contributed by atoms with van der Waals surface area (Å²) in [4.78, 5) is 2.57. The van der Waals surface area contributed by atoms with Crippen LogP contribution in [0.25, 0.3) is 0 Å². The van der Waals surface area contributed by atoms with E-state index in [0.717, 1.165) is 5.69 Å². The van der Waals surface area contributed by atoms with Crippen molar-refractivity contribution >= 4 is 17.6 Å². The molecule has 0 saturated carbocycles. The van der Waals surface area contributed by atoms with Gasteiger partial charge < -0.3 is 4.90 Å². The molecule has 0 spiro atoms. The Balaban J connectivity index is 1.58. The highest BCUT2D eigenvalue weighted by Crippen LogP contribution is 2.35. The van der Waals surface area contributed by atoms with Gasteiger partial charge in [0.05, 0.1) is 11.9 Å². The maximum absolute atomic E-state index is 4.38. The van der Waals surface area contributed by atoms with Gasteiger partial charge in [-0.1, -0.05) is 18.2 Å². The summed E-state index contributed by atoms with van der Waals surface area (Å²) in [6, 6.07) is 14.7. The van der Waals surface area contributed by atoms with Crippen LogP contribution in [0.3, 0.4) is 0 Å². The fourth-order valence-electron chi connectivity index (χ4n) is 3.60. The average Bonchev–Trinajstić information content (AvgIpc) is 2.56. The Morgan fingerprint density at radius 3 is 2.32 bits per heavy atom. The Hall–Kier alpha value is -2.29. The van der Waals surface area contributed by atoms with Crippen molar-refractivity contribution in [3.63, 3.8) is 0 Å². The van der Waals surface area contributed by atoms with Crippen LogP contribution in [0.4, 0.5) is 11.4 Å². The lowest BCUT2D eigenvalue weighted by molar-refractivity contribution is 0.634. The van der Waals surface area contributed by atoms with Crippen molar-refractivity contribution in [1.82, 2.24) is 0 Å². The van der Waals surface area contributed by atoms with Gasteiger partial charge in [0.2, 0.25) is 0 Å². The Bertz CT molecular complexity index is 660. The molecule has 0 fully saturated rings. The normalized spacial score (nSPS) is 16.6. The zero-order valence-corrected chi connectivity index (χ0v) is 12.8. The monoisotopic (exact) mass is 291 g/mol. The summed E-state index contributed by atoms with van der Waals surface area (Å²) in [5, 5.41) is 4.38. The minimum absolute atomic E-state index is 1.02. The van der Waals surface area contributed by atoms with E-state index in [1.54, 1.807) is 0 Å². The van der Waals surface area contributed by atoms with E-state index in [1.807, 2.05) is 36.5 Å². The molecule has 0 amide bonds. The van der Waals surface area contributed by atoms with Gasteiger partial charge in [-0.25, -0.2) is 0 Å². The fourth-order valence-corrected chi connectivity index (χ4v) is 3.60. The van der Waals surface area contributed by atoms with E-state index < -0.39 is 0 Å². The summed E-state index contributed by atoms with van der Waals surface area (Å²) in [6.07, 6.45) is 6.89. The molecule has 0 bridgehead atoms. The van der Waals surface area contributed by atoms with Gasteiger partial charge in [-0.05, 0) is 66.6 Å². The van der Waals surface area contributed by atoms with Crippen molar-refractivity contribution in [2.24, 2.45) is 5.10 Å². The van der Waals surface area contributed by atoms with E-state index in [1.165, 1.54) is 61.2 Å². The first kappa shape index (κ1) is 13.4. The van der Waals surface area contributed by atoms with Crippen LogP contribution in [-0.4, -0.2) is 19.3 Å². The summed E-state index contributed by atoms with van der Waals surface area (Å²) in [6.45, 7) is 2.45. The first-order chi connectivity index (χ1) is 10.9. The van der Waals surface area contributed by atoms with Crippen LogP contribution >= 0.6 is 0 Å². The number of nitrogens with one attached hydrogen (secondary N) is 1. The summed E-state index contributed by atoms with van der Waals surface area (Å²) < 4.78 is 0. The molecule has 1 N–H and O–H groups in total. The molecule has 0 aliphatic carbocycles. The lowest BCUT2D eigenvalue weighted by Crippen LogP contribution is -2.34. The molecule has 2 aliphatic heterocycles. The third-order valence-corrected chi connectivity index (χ3v) is 4.54. The predicted molar refractivity (Wildman–Crippen MR) is 93.0 cm³/mol. The van der Waals surface area contributed by atoms with Crippen LogP contribution in [0.2, 0.25) is 0 Å². The number of aryl methyl sites for hydroxylation is 2. The zero-order chi connectivity index (χ0) is 14.8. The first-order valence-electron chi connectivity index (χ1n) is 8.15. The van der Waals surface area contributed by atoms with Crippen molar-refractivity contribution in [1.29, 1.82) is 0 Å². The number of rotatable bonds is 3. The van der Waals surface area contributed by atoms with E-state index in [4.69, 9.17) is 0 Å². The zero-order valence-electron chi connectivity index (χ0n) is 12.8. The Kier molecular flexibility index (Phi) is 3.55. The van der Waals surface area contributed by atoms with Gasteiger partial charge >= 0.3 is 0 Å². The molecule has 0 atom stereocenters. The average molecular weight is 291 g/mol. The second kappa shape index (κ2) is 5.84. The van der Waals surface area contributed by atoms with Crippen LogP contribution in [0.5, 0.6) is 0 Å². The molecule has 3 heteroatoms. The van der Waals surface area contributed by atoms with Gasteiger partial charge in [0.25, 0.3) is 0 Å². The Morgan fingerprint density at radius 1 is 0.955 bits per heavy atom. The standard InChI is InChI=1S/C19H21N3/c1-2-8-18(9-3-1)21-20-14-15-12-16-6-4-10-22-11-5-7-17(13-15)19(16)22/h1-3,8-9,12-14,21H,4-7,10-11H2/b20-14+.